The molecule has 9 heteroatoms. The molecule has 296 valence electrons. The molecule has 0 bridgehead atoms. The second-order valence-electron chi connectivity index (χ2n) is 14.8. The van der Waals surface area contributed by atoms with Gasteiger partial charge in [0, 0.05) is 6.42 Å². The standard InChI is InChI=1S/C41H79NO8/c1-3-5-7-9-10-11-12-13-14-15-16-17-18-19-20-21-22-23-24-25-26-27-29-31-37(45)42-34(35(44)30-28-8-6-4-2)33-49-41-40(48)39(47)38(46)36(32-43)50-41/h28,30,34-36,38-41,43-44,46-48H,3-27,29,31-33H2,1-2H3,(H,42,45)/b30-28+. The Morgan fingerprint density at radius 2 is 1.10 bits per heavy atom. The molecule has 1 fully saturated rings. The topological polar surface area (TPSA) is 149 Å². The number of unbranched alkanes of at least 4 members (excludes halogenated alkanes) is 24. The molecule has 0 radical (unpaired) electrons. The number of carbonyl (C=O) groups excluding carboxylic acids is 1. The van der Waals surface area contributed by atoms with Crippen LogP contribution in [0.25, 0.3) is 0 Å². The number of aliphatic hydroxyl groups excluding tert-OH is 5. The number of ether oxygens (including phenoxy) is 2. The van der Waals surface area contributed by atoms with Crippen LogP contribution in [0.4, 0.5) is 0 Å². The summed E-state index contributed by atoms with van der Waals surface area (Å²) < 4.78 is 11.1. The van der Waals surface area contributed by atoms with Crippen LogP contribution in [0.2, 0.25) is 0 Å². The first-order valence-electron chi connectivity index (χ1n) is 20.9. The van der Waals surface area contributed by atoms with Crippen LogP contribution in [0.1, 0.15) is 187 Å². The van der Waals surface area contributed by atoms with Crippen LogP contribution in [-0.4, -0.2) is 87.5 Å². The van der Waals surface area contributed by atoms with E-state index in [1.807, 2.05) is 6.08 Å². The highest BCUT2D eigenvalue weighted by molar-refractivity contribution is 5.76. The summed E-state index contributed by atoms with van der Waals surface area (Å²) >= 11 is 0. The molecule has 0 aromatic carbocycles. The van der Waals surface area contributed by atoms with Gasteiger partial charge in [-0.3, -0.25) is 4.79 Å². The number of hydrogen-bond acceptors (Lipinski definition) is 8. The lowest BCUT2D eigenvalue weighted by Gasteiger charge is -2.40. The number of nitrogens with one attached hydrogen (secondary N) is 1. The van der Waals surface area contributed by atoms with E-state index in [0.29, 0.717) is 6.42 Å². The van der Waals surface area contributed by atoms with Crippen molar-refractivity contribution >= 4 is 5.91 Å². The van der Waals surface area contributed by atoms with Crippen molar-refractivity contribution in [3.63, 3.8) is 0 Å². The van der Waals surface area contributed by atoms with Crippen LogP contribution < -0.4 is 5.32 Å². The van der Waals surface area contributed by atoms with Gasteiger partial charge in [-0.2, -0.15) is 0 Å². The smallest absolute Gasteiger partial charge is 0.220 e. The predicted molar refractivity (Wildman–Crippen MR) is 203 cm³/mol. The number of carbonyl (C=O) groups is 1. The van der Waals surface area contributed by atoms with E-state index in [-0.39, 0.29) is 12.5 Å². The highest BCUT2D eigenvalue weighted by Gasteiger charge is 2.44. The summed E-state index contributed by atoms with van der Waals surface area (Å²) in [4.78, 5) is 12.8. The van der Waals surface area contributed by atoms with Gasteiger partial charge in [-0.15, -0.1) is 0 Å². The molecule has 0 aliphatic carbocycles. The zero-order valence-corrected chi connectivity index (χ0v) is 32.2. The minimum atomic E-state index is -1.56. The van der Waals surface area contributed by atoms with Gasteiger partial charge in [-0.25, -0.2) is 0 Å². The highest BCUT2D eigenvalue weighted by atomic mass is 16.7. The molecule has 1 aliphatic rings. The maximum Gasteiger partial charge on any atom is 0.220 e. The lowest BCUT2D eigenvalue weighted by molar-refractivity contribution is -0.302. The molecule has 1 heterocycles. The lowest BCUT2D eigenvalue weighted by Crippen LogP contribution is -2.60. The summed E-state index contributed by atoms with van der Waals surface area (Å²) in [5.41, 5.74) is 0. The van der Waals surface area contributed by atoms with Crippen LogP contribution in [0.15, 0.2) is 12.2 Å². The van der Waals surface area contributed by atoms with E-state index in [2.05, 4.69) is 19.2 Å². The number of rotatable bonds is 34. The maximum atomic E-state index is 12.8. The first kappa shape index (κ1) is 47.0. The Kier molecular flexibility index (Phi) is 30.6. The fourth-order valence-electron chi connectivity index (χ4n) is 6.67. The zero-order valence-electron chi connectivity index (χ0n) is 32.2. The van der Waals surface area contributed by atoms with Gasteiger partial charge in [0.1, 0.15) is 24.4 Å². The summed E-state index contributed by atoms with van der Waals surface area (Å²) in [6.07, 6.45) is 29.1. The highest BCUT2D eigenvalue weighted by Crippen LogP contribution is 2.22. The molecule has 1 aliphatic heterocycles. The first-order valence-corrected chi connectivity index (χ1v) is 20.9. The summed E-state index contributed by atoms with van der Waals surface area (Å²) in [7, 11) is 0. The Labute approximate surface area is 306 Å². The minimum Gasteiger partial charge on any atom is -0.394 e. The number of hydrogen-bond donors (Lipinski definition) is 6. The molecule has 0 aromatic heterocycles. The van der Waals surface area contributed by atoms with Crippen LogP contribution in [0, 0.1) is 0 Å². The van der Waals surface area contributed by atoms with Gasteiger partial charge in [0.15, 0.2) is 6.29 Å². The normalized spacial score (nSPS) is 22.3. The Morgan fingerprint density at radius 3 is 1.54 bits per heavy atom. The van der Waals surface area contributed by atoms with E-state index in [4.69, 9.17) is 9.47 Å². The van der Waals surface area contributed by atoms with Crippen LogP contribution in [0.3, 0.4) is 0 Å². The summed E-state index contributed by atoms with van der Waals surface area (Å²) in [5.74, 6) is -0.183. The second kappa shape index (κ2) is 32.6. The Morgan fingerprint density at radius 1 is 0.660 bits per heavy atom. The third kappa shape index (κ3) is 23.5. The number of amides is 1. The quantitative estimate of drug-likeness (QED) is 0.0293. The fourth-order valence-corrected chi connectivity index (χ4v) is 6.67. The van der Waals surface area contributed by atoms with E-state index in [1.165, 1.54) is 128 Å². The monoisotopic (exact) mass is 714 g/mol. The number of aliphatic hydroxyl groups is 5. The van der Waals surface area contributed by atoms with Crippen LogP contribution in [-0.2, 0) is 14.3 Å². The summed E-state index contributed by atoms with van der Waals surface area (Å²) in [5, 5.41) is 53.4. The first-order chi connectivity index (χ1) is 24.3. The van der Waals surface area contributed by atoms with Gasteiger partial charge in [-0.05, 0) is 12.8 Å². The lowest BCUT2D eigenvalue weighted by atomic mass is 9.99. The average Bonchev–Trinajstić information content (AvgIpc) is 3.11. The third-order valence-corrected chi connectivity index (χ3v) is 10.1. The van der Waals surface area contributed by atoms with E-state index in [9.17, 15) is 30.3 Å². The molecule has 1 rings (SSSR count). The van der Waals surface area contributed by atoms with Crippen LogP contribution in [0.5, 0.6) is 0 Å². The van der Waals surface area contributed by atoms with Gasteiger partial charge in [0.2, 0.25) is 5.91 Å². The Hall–Kier alpha value is -1.07. The molecular formula is C41H79NO8. The molecule has 7 atom stereocenters. The van der Waals surface area contributed by atoms with E-state index in [0.717, 1.165) is 38.5 Å². The van der Waals surface area contributed by atoms with Gasteiger partial charge in [0.25, 0.3) is 0 Å². The molecule has 9 nitrogen and oxygen atoms in total. The average molecular weight is 714 g/mol. The van der Waals surface area contributed by atoms with Crippen molar-refractivity contribution in [2.24, 2.45) is 0 Å². The van der Waals surface area contributed by atoms with Crippen molar-refractivity contribution in [3.05, 3.63) is 12.2 Å². The van der Waals surface area contributed by atoms with Crippen molar-refractivity contribution in [3.8, 4) is 0 Å². The van der Waals surface area contributed by atoms with Crippen molar-refractivity contribution in [2.45, 2.75) is 230 Å². The molecule has 1 amide bonds. The van der Waals surface area contributed by atoms with Gasteiger partial charge in [-0.1, -0.05) is 180 Å². The molecule has 7 unspecified atom stereocenters. The summed E-state index contributed by atoms with van der Waals surface area (Å²) in [6.45, 7) is 3.62. The Bertz CT molecular complexity index is 797. The second-order valence-corrected chi connectivity index (χ2v) is 14.8. The molecule has 6 N–H and O–H groups in total. The SMILES string of the molecule is CCCC/C=C/C(O)C(COC1OC(CO)C(O)C(O)C1O)NC(=O)CCCCCCCCCCCCCCCCCCCCCCCCC. The van der Waals surface area contributed by atoms with Crippen LogP contribution >= 0.6 is 0 Å². The van der Waals surface area contributed by atoms with E-state index < -0.39 is 49.5 Å². The molecule has 0 aromatic rings. The fraction of sp³-hybridized carbons (Fsp3) is 0.927. The van der Waals surface area contributed by atoms with Crippen molar-refractivity contribution in [2.75, 3.05) is 13.2 Å². The predicted octanol–water partition coefficient (Wildman–Crippen LogP) is 7.78. The Balaban J connectivity index is 2.12. The molecule has 1 saturated heterocycles. The molecule has 0 spiro atoms. The van der Waals surface area contributed by atoms with Crippen molar-refractivity contribution < 1.29 is 39.8 Å². The van der Waals surface area contributed by atoms with Crippen molar-refractivity contribution in [1.29, 1.82) is 0 Å². The van der Waals surface area contributed by atoms with Crippen molar-refractivity contribution in [1.82, 2.24) is 5.32 Å². The molecular weight excluding hydrogens is 634 g/mol. The summed E-state index contributed by atoms with van der Waals surface area (Å²) in [6, 6.07) is -0.794. The van der Waals surface area contributed by atoms with Gasteiger partial charge < -0.3 is 40.3 Å². The van der Waals surface area contributed by atoms with Gasteiger partial charge >= 0.3 is 0 Å². The van der Waals surface area contributed by atoms with E-state index in [1.54, 1.807) is 6.08 Å². The number of allylic oxidation sites excluding steroid dienone is 1. The largest absolute Gasteiger partial charge is 0.394 e. The molecule has 50 heavy (non-hydrogen) atoms. The minimum absolute atomic E-state index is 0.183. The van der Waals surface area contributed by atoms with E-state index >= 15 is 0 Å². The molecule has 0 saturated carbocycles. The van der Waals surface area contributed by atoms with Gasteiger partial charge in [0.05, 0.1) is 25.4 Å². The zero-order chi connectivity index (χ0) is 36.7. The maximum absolute atomic E-state index is 12.8. The third-order valence-electron chi connectivity index (χ3n) is 10.1.